The summed E-state index contributed by atoms with van der Waals surface area (Å²) in [5.41, 5.74) is 0. The summed E-state index contributed by atoms with van der Waals surface area (Å²) in [5.74, 6) is -0.0775. The molecule has 0 aliphatic carbocycles. The van der Waals surface area contributed by atoms with E-state index in [4.69, 9.17) is 10.0 Å². The molecule has 0 bridgehead atoms. The Morgan fingerprint density at radius 1 is 1.56 bits per heavy atom. The van der Waals surface area contributed by atoms with Crippen LogP contribution in [-0.2, 0) is 0 Å². The maximum absolute atomic E-state index is 8.65. The van der Waals surface area contributed by atoms with E-state index in [0.29, 0.717) is 0 Å². The second-order valence-electron chi connectivity index (χ2n) is 2.18. The van der Waals surface area contributed by atoms with Crippen LogP contribution in [0.4, 0.5) is 0 Å². The molecule has 4 heteroatoms. The Balaban J connectivity index is 2.40. The number of hydrogen-bond donors (Lipinski definition) is 3. The molecule has 3 N–H and O–H groups in total. The van der Waals surface area contributed by atoms with Gasteiger partial charge in [-0.05, 0) is 12.6 Å². The highest BCUT2D eigenvalue weighted by molar-refractivity contribution is 6.43. The van der Waals surface area contributed by atoms with Gasteiger partial charge in [-0.2, -0.15) is 0 Å². The van der Waals surface area contributed by atoms with Crippen LogP contribution in [0.2, 0.25) is 5.82 Å². The molecule has 0 aromatic rings. The van der Waals surface area contributed by atoms with Gasteiger partial charge in [0, 0.05) is 12.4 Å². The lowest BCUT2D eigenvalue weighted by Crippen LogP contribution is -2.25. The lowest BCUT2D eigenvalue weighted by atomic mass is 9.70. The van der Waals surface area contributed by atoms with Gasteiger partial charge < -0.3 is 15.4 Å². The van der Waals surface area contributed by atoms with Crippen molar-refractivity contribution in [3.63, 3.8) is 0 Å². The zero-order valence-corrected chi connectivity index (χ0v) is 5.12. The van der Waals surface area contributed by atoms with Crippen LogP contribution in [0.1, 0.15) is 6.42 Å². The van der Waals surface area contributed by atoms with Gasteiger partial charge in [-0.3, -0.25) is 0 Å². The lowest BCUT2D eigenvalue weighted by molar-refractivity contribution is 0.388. The van der Waals surface area contributed by atoms with E-state index in [0.717, 1.165) is 13.0 Å². The van der Waals surface area contributed by atoms with Crippen LogP contribution in [0.5, 0.6) is 0 Å². The molecule has 1 unspecified atom stereocenters. The first-order valence-electron chi connectivity index (χ1n) is 3.07. The Morgan fingerprint density at radius 2 is 2.33 bits per heavy atom. The topological polar surface area (TPSA) is 52.5 Å². The van der Waals surface area contributed by atoms with Crippen LogP contribution >= 0.6 is 0 Å². The fourth-order valence-electron chi connectivity index (χ4n) is 0.870. The Morgan fingerprint density at radius 3 is 2.67 bits per heavy atom. The molecule has 1 rings (SSSR count). The lowest BCUT2D eigenvalue weighted by Gasteiger charge is -2.15. The van der Waals surface area contributed by atoms with Gasteiger partial charge in [-0.1, -0.05) is 6.08 Å². The molecule has 1 aliphatic rings. The number of rotatable bonds is 1. The van der Waals surface area contributed by atoms with Gasteiger partial charge in [0.2, 0.25) is 0 Å². The fraction of sp³-hybridized carbons (Fsp3) is 0.600. The Kier molecular flexibility index (Phi) is 2.13. The van der Waals surface area contributed by atoms with Gasteiger partial charge >= 0.3 is 7.12 Å². The number of nitrogens with one attached hydrogen (secondary N) is 1. The van der Waals surface area contributed by atoms with Crippen LogP contribution in [0.15, 0.2) is 12.3 Å². The molecular formula is C5H10BNO2. The fourth-order valence-corrected chi connectivity index (χ4v) is 0.870. The van der Waals surface area contributed by atoms with Crippen LogP contribution in [0, 0.1) is 0 Å². The Labute approximate surface area is 54.5 Å². The molecule has 1 heterocycles. The van der Waals surface area contributed by atoms with Gasteiger partial charge in [0.1, 0.15) is 0 Å². The SMILES string of the molecule is OB(O)C1C=CNCC1. The maximum Gasteiger partial charge on any atom is 0.458 e. The van der Waals surface area contributed by atoms with Gasteiger partial charge in [-0.25, -0.2) is 0 Å². The van der Waals surface area contributed by atoms with Crippen molar-refractivity contribution in [2.24, 2.45) is 0 Å². The molecule has 0 fully saturated rings. The van der Waals surface area contributed by atoms with Gasteiger partial charge in [0.15, 0.2) is 0 Å². The summed E-state index contributed by atoms with van der Waals surface area (Å²) in [5, 5.41) is 20.3. The average Bonchev–Trinajstić information content (AvgIpc) is 1.90. The zero-order valence-electron chi connectivity index (χ0n) is 5.12. The molecule has 3 nitrogen and oxygen atoms in total. The standard InChI is InChI=1S/C5H10BNO2/c8-6(9)5-1-3-7-4-2-5/h1,3,5,7-9H,2,4H2. The molecule has 0 saturated heterocycles. The monoisotopic (exact) mass is 127 g/mol. The van der Waals surface area contributed by atoms with E-state index in [1.807, 2.05) is 0 Å². The first-order chi connectivity index (χ1) is 4.30. The predicted octanol–water partition coefficient (Wildman–Crippen LogP) is -0.664. The average molecular weight is 127 g/mol. The molecule has 0 aromatic carbocycles. The molecule has 1 atom stereocenters. The molecule has 0 radical (unpaired) electrons. The van der Waals surface area contributed by atoms with Crippen molar-refractivity contribution in [2.45, 2.75) is 12.2 Å². The first kappa shape index (κ1) is 6.64. The minimum Gasteiger partial charge on any atom is -0.427 e. The first-order valence-corrected chi connectivity index (χ1v) is 3.07. The normalized spacial score (nSPS) is 25.3. The van der Waals surface area contributed by atoms with Crippen LogP contribution in [0.3, 0.4) is 0 Å². The molecule has 50 valence electrons. The number of hydrogen-bond acceptors (Lipinski definition) is 3. The summed E-state index contributed by atoms with van der Waals surface area (Å²) >= 11 is 0. The van der Waals surface area contributed by atoms with Gasteiger partial charge in [0.25, 0.3) is 0 Å². The smallest absolute Gasteiger partial charge is 0.427 e. The Bertz CT molecular complexity index is 116. The predicted molar refractivity (Wildman–Crippen MR) is 35.7 cm³/mol. The summed E-state index contributed by atoms with van der Waals surface area (Å²) in [4.78, 5) is 0. The summed E-state index contributed by atoms with van der Waals surface area (Å²) in [7, 11) is -1.19. The zero-order chi connectivity index (χ0) is 6.69. The third kappa shape index (κ3) is 1.73. The molecule has 0 amide bonds. The Hall–Kier alpha value is -0.475. The maximum atomic E-state index is 8.65. The van der Waals surface area contributed by atoms with E-state index in [-0.39, 0.29) is 5.82 Å². The highest BCUT2D eigenvalue weighted by atomic mass is 16.4. The van der Waals surface area contributed by atoms with Crippen LogP contribution in [-0.4, -0.2) is 23.7 Å². The van der Waals surface area contributed by atoms with Crippen molar-refractivity contribution in [1.29, 1.82) is 0 Å². The largest absolute Gasteiger partial charge is 0.458 e. The third-order valence-corrected chi connectivity index (χ3v) is 1.47. The minimum atomic E-state index is -1.19. The van der Waals surface area contributed by atoms with E-state index in [9.17, 15) is 0 Å². The van der Waals surface area contributed by atoms with E-state index in [1.54, 1.807) is 12.3 Å². The second-order valence-corrected chi connectivity index (χ2v) is 2.18. The van der Waals surface area contributed by atoms with E-state index in [2.05, 4.69) is 5.32 Å². The molecule has 0 saturated carbocycles. The summed E-state index contributed by atoms with van der Waals surface area (Å²) in [6.07, 6.45) is 4.33. The molecule has 0 aromatic heterocycles. The highest BCUT2D eigenvalue weighted by Gasteiger charge is 2.20. The quantitative estimate of drug-likeness (QED) is 0.409. The van der Waals surface area contributed by atoms with Crippen molar-refractivity contribution in [1.82, 2.24) is 5.32 Å². The number of allylic oxidation sites excluding steroid dienone is 1. The summed E-state index contributed by atoms with van der Waals surface area (Å²) in [6.45, 7) is 0.832. The highest BCUT2D eigenvalue weighted by Crippen LogP contribution is 2.15. The van der Waals surface area contributed by atoms with E-state index < -0.39 is 7.12 Å². The van der Waals surface area contributed by atoms with Crippen molar-refractivity contribution in [3.8, 4) is 0 Å². The van der Waals surface area contributed by atoms with E-state index >= 15 is 0 Å². The van der Waals surface area contributed by atoms with Crippen molar-refractivity contribution < 1.29 is 10.0 Å². The molecular weight excluding hydrogens is 117 g/mol. The molecule has 1 aliphatic heterocycles. The van der Waals surface area contributed by atoms with Crippen molar-refractivity contribution in [3.05, 3.63) is 12.3 Å². The van der Waals surface area contributed by atoms with E-state index in [1.165, 1.54) is 0 Å². The van der Waals surface area contributed by atoms with Crippen LogP contribution in [0.25, 0.3) is 0 Å². The summed E-state index contributed by atoms with van der Waals surface area (Å²) in [6, 6.07) is 0. The summed E-state index contributed by atoms with van der Waals surface area (Å²) < 4.78 is 0. The third-order valence-electron chi connectivity index (χ3n) is 1.47. The van der Waals surface area contributed by atoms with Crippen molar-refractivity contribution >= 4 is 7.12 Å². The van der Waals surface area contributed by atoms with Gasteiger partial charge in [-0.15, -0.1) is 0 Å². The minimum absolute atomic E-state index is 0.0775. The van der Waals surface area contributed by atoms with Crippen molar-refractivity contribution in [2.75, 3.05) is 6.54 Å². The second kappa shape index (κ2) is 2.89. The van der Waals surface area contributed by atoms with Gasteiger partial charge in [0.05, 0.1) is 0 Å². The molecule has 9 heavy (non-hydrogen) atoms. The molecule has 0 spiro atoms. The van der Waals surface area contributed by atoms with Crippen LogP contribution < -0.4 is 5.32 Å².